The molecule has 0 bridgehead atoms. The highest BCUT2D eigenvalue weighted by Gasteiger charge is 2.61. The first-order valence-corrected chi connectivity index (χ1v) is 45.9. The molecule has 136 heavy (non-hydrogen) atoms. The summed E-state index contributed by atoms with van der Waals surface area (Å²) in [6, 6.07) is 30.3. The number of nitrogens with zero attached hydrogens (tertiary/aromatic N) is 3. The van der Waals surface area contributed by atoms with Gasteiger partial charge in [0, 0.05) is 49.3 Å². The smallest absolute Gasteiger partial charge is 0.407 e. The van der Waals surface area contributed by atoms with Gasteiger partial charge >= 0.3 is 12.2 Å². The molecule has 2 aliphatic carbocycles. The summed E-state index contributed by atoms with van der Waals surface area (Å²) in [5, 5.41) is 153. The molecular formula is C90H129F2N11O33. The molecular weight excluding hydrogens is 1800 g/mol. The summed E-state index contributed by atoms with van der Waals surface area (Å²) in [7, 11) is 0. The number of nitrogens with one attached hydrogen (secondary N) is 2. The summed E-state index contributed by atoms with van der Waals surface area (Å²) in [5.41, 5.74) is 47.1. The summed E-state index contributed by atoms with van der Waals surface area (Å²) in [4.78, 5) is 56.5. The SMILES string of the molecule is C[C@H](C(=O)C[C@@H]1C[C@H](C)[C@@H](O[C@H]2O[C@@H]3CCC(c4ccccc4)O[C@H]3[C@@H](O)[C@H]2NC(=O)OCc2ccccc2)[C@H](O[C@@H]2O[C@H](CO)[C@@H](O[C@H]3O[C@H]4CCC(c5ccccc5)O[C@H]4[C@H](O)[C@H]3NC(=O)OCc3ccccc3)[C@H]2O)[C@H]1O)[C@H](F)CN=[N+]=[N-].NC[C@@H](F)[C@H](O)C(=O)C[C@@H]1C[C@H](N)[C@@H](O[C@H]2O[C@H](CN)[C@@H](O)[C@@H](O)[C@H]2N)[C@H](O[C@@H]2O[C@H](CO)[C@@H](O[C@H]3O[C@@H](CN)[C@@H](O)[C@H](O)[C@H]3N)[C@H]2O)[C@H]1O. The summed E-state index contributed by atoms with van der Waals surface area (Å²) in [5.74, 6) is -5.45. The van der Waals surface area contributed by atoms with Crippen molar-refractivity contribution in [2.75, 3.05) is 39.4 Å². The van der Waals surface area contributed by atoms with E-state index < -0.39 is 325 Å². The highest BCUT2D eigenvalue weighted by atomic mass is 19.1. The van der Waals surface area contributed by atoms with Crippen molar-refractivity contribution in [2.45, 2.75) is 324 Å². The molecule has 2 amide bonds. The van der Waals surface area contributed by atoms with Crippen molar-refractivity contribution in [1.29, 1.82) is 0 Å². The van der Waals surface area contributed by atoms with Gasteiger partial charge < -0.3 is 187 Å². The number of carbonyl (C=O) groups excluding carboxylic acids is 4. The molecule has 10 fully saturated rings. The third-order valence-electron chi connectivity index (χ3n) is 27.1. The monoisotopic (exact) mass is 1930 g/mol. The van der Waals surface area contributed by atoms with E-state index in [4.69, 9.17) is 116 Å². The highest BCUT2D eigenvalue weighted by Crippen LogP contribution is 2.46. The van der Waals surface area contributed by atoms with E-state index in [2.05, 4.69) is 20.7 Å². The lowest BCUT2D eigenvalue weighted by Gasteiger charge is -2.51. The number of azide groups is 1. The van der Waals surface area contributed by atoms with Crippen molar-refractivity contribution >= 4 is 23.8 Å². The number of amides is 2. The number of hydrogen-bond donors (Lipinski definition) is 21. The molecule has 0 spiro atoms. The Kier molecular flexibility index (Phi) is 38.1. The Morgan fingerprint density at radius 1 is 0.463 bits per heavy atom. The maximum absolute atomic E-state index is 15.2. The standard InChI is InChI=1S/C62H76FN5O18.C28H53FN6O15/c1-33-27-39(28-41(70)34(2)40(63)29-65-68-64)49(71)57(53(33)84-58-47(66-61(75)77-31-35-15-7-3-8-16-35)50(72)54-44(81-58)25-23-42(79-54)37-19-11-5-12-20-37)86-60-52(74)56(46(30-69)83-60)85-59-48(67-62(76)78-32-36-17-9-4-10-18-36)51(73)55-45(82-59)26-24-43(80-55)38-21-13-6-14-22-38;29-8(3-30)17(39)10(37)2-7-1-9(33)23(48-26-14(34)20(42)18(40)11(4-31)45-26)25(16(7)38)50-28-22(44)24(13(6-36)47-28)49-27-15(35)21(43)19(41)12(5-32)46-27/h3-22,33-34,39-40,42-60,69,71-74H,23-32H2,1-2H3,(H,66,75)(H,67,76);7-9,11-28,36,38-44H,1-6,30-35H2/t33-,34-,39-,40+,42?,43?,44+,45-,46+,47+,48+,49-,50-,51+,52+,53+,54+,55+,56+,57+,58+,59+,60-;7-,8+,9-,11+,12-,13+,14+,15+,16-,17-,18+,19+,20-,21+,22+,23+,24+,25+,26+,27+,28-/m00/s1. The van der Waals surface area contributed by atoms with Crippen LogP contribution in [0.25, 0.3) is 10.4 Å². The molecule has 10 aliphatic rings. The number of ketones is 2. The molecule has 8 saturated heterocycles. The molecule has 14 rings (SSSR count). The van der Waals surface area contributed by atoms with Gasteiger partial charge in [0.1, 0.15) is 166 Å². The largest absolute Gasteiger partial charge is 0.445 e. The number of nitrogens with two attached hydrogens (primary N) is 6. The van der Waals surface area contributed by atoms with E-state index in [0.29, 0.717) is 36.8 Å². The van der Waals surface area contributed by atoms with Gasteiger partial charge in [-0.2, -0.15) is 0 Å². The Hall–Kier alpha value is -7.39. The number of halogens is 2. The van der Waals surface area contributed by atoms with Crippen LogP contribution in [-0.4, -0.2) is 362 Å². The summed E-state index contributed by atoms with van der Waals surface area (Å²) in [6.07, 6.45) is -50.0. The van der Waals surface area contributed by atoms with Crippen molar-refractivity contribution in [2.24, 2.45) is 63.2 Å². The normalized spacial score (nSPS) is 40.4. The minimum Gasteiger partial charge on any atom is -0.445 e. The van der Waals surface area contributed by atoms with Crippen LogP contribution in [0.2, 0.25) is 0 Å². The van der Waals surface area contributed by atoms with E-state index in [-0.39, 0.29) is 45.6 Å². The van der Waals surface area contributed by atoms with Crippen LogP contribution < -0.4 is 45.0 Å². The molecule has 4 aromatic carbocycles. The Labute approximate surface area is 781 Å². The molecule has 756 valence electrons. The molecule has 0 aromatic heterocycles. The minimum absolute atomic E-state index is 0.0818. The predicted octanol–water partition coefficient (Wildman–Crippen LogP) is -2.91. The van der Waals surface area contributed by atoms with Gasteiger partial charge in [-0.3, -0.25) is 9.59 Å². The predicted molar refractivity (Wildman–Crippen MR) is 464 cm³/mol. The summed E-state index contributed by atoms with van der Waals surface area (Å²) < 4.78 is 128. The Morgan fingerprint density at radius 2 is 0.853 bits per heavy atom. The van der Waals surface area contributed by atoms with Crippen LogP contribution in [0, 0.1) is 23.7 Å². The zero-order valence-electron chi connectivity index (χ0n) is 74.8. The topological polar surface area (TPSA) is 708 Å². The van der Waals surface area contributed by atoms with Crippen molar-refractivity contribution in [1.82, 2.24) is 10.6 Å². The van der Waals surface area contributed by atoms with E-state index in [1.165, 1.54) is 6.92 Å². The molecule has 8 aliphatic heterocycles. The number of alkyl carbamates (subject to hydrolysis) is 2. The first kappa shape index (κ1) is 106. The number of Topliss-reactive ketones (excluding diaryl/α,β-unsaturated/α-hetero) is 2. The highest BCUT2D eigenvalue weighted by molar-refractivity contribution is 5.84. The maximum Gasteiger partial charge on any atom is 0.407 e. The molecule has 2 unspecified atom stereocenters. The first-order chi connectivity index (χ1) is 65.3. The molecule has 0 radical (unpaired) electrons. The Balaban J connectivity index is 0.000000266. The second kappa shape index (κ2) is 48.9. The maximum atomic E-state index is 15.2. The lowest BCUT2D eigenvalue weighted by atomic mass is 9.73. The number of ether oxygens (including phenoxy) is 16. The molecule has 27 N–H and O–H groups in total. The van der Waals surface area contributed by atoms with E-state index in [1.807, 2.05) is 72.8 Å². The van der Waals surface area contributed by atoms with Crippen LogP contribution in [-0.2, 0) is 98.6 Å². The zero-order chi connectivity index (χ0) is 97.6. The van der Waals surface area contributed by atoms with Crippen molar-refractivity contribution in [3.05, 3.63) is 154 Å². The van der Waals surface area contributed by atoms with Crippen LogP contribution in [0.3, 0.4) is 0 Å². The quantitative estimate of drug-likeness (QED) is 0.0125. The van der Waals surface area contributed by atoms with Gasteiger partial charge in [-0.15, -0.1) is 0 Å². The van der Waals surface area contributed by atoms with Crippen LogP contribution in [0.1, 0.15) is 99.7 Å². The van der Waals surface area contributed by atoms with Crippen LogP contribution >= 0.6 is 0 Å². The fraction of sp³-hybridized carbons (Fsp3) is 0.689. The number of aliphatic hydroxyl groups is 13. The molecule has 44 nitrogen and oxygen atoms in total. The second-order valence-corrected chi connectivity index (χ2v) is 36.3. The summed E-state index contributed by atoms with van der Waals surface area (Å²) in [6.45, 7) is -0.317. The number of carbonyl (C=O) groups is 4. The van der Waals surface area contributed by atoms with Gasteiger partial charge in [0.15, 0.2) is 43.5 Å². The zero-order valence-corrected chi connectivity index (χ0v) is 74.8. The molecule has 4 aromatic rings. The number of alkyl halides is 2. The van der Waals surface area contributed by atoms with Crippen LogP contribution in [0.15, 0.2) is 126 Å². The third kappa shape index (κ3) is 25.0. The minimum atomic E-state index is -2.08. The fourth-order valence-electron chi connectivity index (χ4n) is 19.3. The van der Waals surface area contributed by atoms with Crippen LogP contribution in [0.4, 0.5) is 18.4 Å². The molecule has 46 heteroatoms. The Bertz CT molecular complexity index is 4450. The Morgan fingerprint density at radius 3 is 1.28 bits per heavy atom. The number of rotatable bonds is 35. The number of fused-ring (bicyclic) bond motifs is 2. The van der Waals surface area contributed by atoms with E-state index in [9.17, 15) is 90.0 Å². The number of benzene rings is 4. The van der Waals surface area contributed by atoms with Gasteiger partial charge in [-0.25, -0.2) is 18.4 Å². The van der Waals surface area contributed by atoms with E-state index in [1.54, 1.807) is 55.5 Å². The van der Waals surface area contributed by atoms with E-state index >= 15 is 4.39 Å². The third-order valence-corrected chi connectivity index (χ3v) is 27.1. The lowest BCUT2D eigenvalue weighted by molar-refractivity contribution is -0.330. The molecule has 8 heterocycles. The van der Waals surface area contributed by atoms with Crippen LogP contribution in [0.5, 0.6) is 0 Å². The number of hydrogen-bond acceptors (Lipinski definition) is 40. The lowest BCUT2D eigenvalue weighted by Crippen LogP contribution is -2.67. The average molecular weight is 1930 g/mol. The van der Waals surface area contributed by atoms with Gasteiger partial charge in [0.05, 0.1) is 74.6 Å². The molecule has 2 saturated carbocycles. The van der Waals surface area contributed by atoms with Gasteiger partial charge in [0.2, 0.25) is 0 Å². The van der Waals surface area contributed by atoms with E-state index in [0.717, 1.165) is 11.1 Å². The van der Waals surface area contributed by atoms with Gasteiger partial charge in [-0.1, -0.05) is 140 Å². The van der Waals surface area contributed by atoms with Gasteiger partial charge in [0.25, 0.3) is 0 Å². The summed E-state index contributed by atoms with van der Waals surface area (Å²) >= 11 is 0. The number of aliphatic hydroxyl groups excluding tert-OH is 13. The fourth-order valence-corrected chi connectivity index (χ4v) is 19.3. The van der Waals surface area contributed by atoms with Crippen molar-refractivity contribution < 1.29 is 170 Å². The van der Waals surface area contributed by atoms with Crippen molar-refractivity contribution in [3.8, 4) is 0 Å². The van der Waals surface area contributed by atoms with Gasteiger partial charge in [-0.05, 0) is 84.1 Å². The first-order valence-electron chi connectivity index (χ1n) is 45.9. The molecule has 44 atom stereocenters. The van der Waals surface area contributed by atoms with Crippen molar-refractivity contribution in [3.63, 3.8) is 0 Å². The average Bonchev–Trinajstić information content (AvgIpc) is 0.957. The second-order valence-electron chi connectivity index (χ2n) is 36.3.